The standard InChI is InChI=1S/C15H15NO.C2H7N/c1-11-10-13(7-8-16-11)14-6-2-4-12-5-3-9-17-15(12)14;1-3-2/h2,4,6-8,10H,3,5,9H2,1H3;3H,1-2H3. The molecule has 1 aliphatic heterocycles. The second kappa shape index (κ2) is 7.06. The third-order valence-corrected chi connectivity index (χ3v) is 3.14. The molecule has 0 radical (unpaired) electrons. The Kier molecular flexibility index (Phi) is 5.13. The van der Waals surface area contributed by atoms with Crippen molar-refractivity contribution >= 4 is 0 Å². The van der Waals surface area contributed by atoms with Crippen LogP contribution in [0.1, 0.15) is 17.7 Å². The first-order valence-corrected chi connectivity index (χ1v) is 7.02. The Balaban J connectivity index is 0.000000452. The Morgan fingerprint density at radius 1 is 1.20 bits per heavy atom. The van der Waals surface area contributed by atoms with Gasteiger partial charge in [0, 0.05) is 17.5 Å². The van der Waals surface area contributed by atoms with E-state index in [9.17, 15) is 0 Å². The first kappa shape index (κ1) is 14.5. The SMILES string of the molecule is CNC.Cc1cc(-c2cccc3c2OCCC3)ccn1. The van der Waals surface area contributed by atoms with E-state index in [0.29, 0.717) is 0 Å². The zero-order valence-corrected chi connectivity index (χ0v) is 12.4. The van der Waals surface area contributed by atoms with E-state index in [2.05, 4.69) is 34.6 Å². The summed E-state index contributed by atoms with van der Waals surface area (Å²) in [7, 11) is 3.75. The number of ether oxygens (including phenoxy) is 1. The van der Waals surface area contributed by atoms with Crippen molar-refractivity contribution in [3.63, 3.8) is 0 Å². The number of hydrogen-bond acceptors (Lipinski definition) is 3. The minimum Gasteiger partial charge on any atom is -0.493 e. The average molecular weight is 270 g/mol. The molecule has 20 heavy (non-hydrogen) atoms. The van der Waals surface area contributed by atoms with Gasteiger partial charge in [0.15, 0.2) is 0 Å². The molecular weight excluding hydrogens is 248 g/mol. The third kappa shape index (κ3) is 3.36. The van der Waals surface area contributed by atoms with Gasteiger partial charge in [-0.05, 0) is 57.1 Å². The highest BCUT2D eigenvalue weighted by Crippen LogP contribution is 2.35. The molecule has 0 fully saturated rings. The van der Waals surface area contributed by atoms with Crippen LogP contribution >= 0.6 is 0 Å². The molecule has 0 aliphatic carbocycles. The summed E-state index contributed by atoms with van der Waals surface area (Å²) >= 11 is 0. The Hall–Kier alpha value is -1.87. The van der Waals surface area contributed by atoms with Crippen molar-refractivity contribution in [2.24, 2.45) is 0 Å². The van der Waals surface area contributed by atoms with Crippen LogP contribution in [0.4, 0.5) is 0 Å². The van der Waals surface area contributed by atoms with E-state index in [4.69, 9.17) is 4.74 Å². The van der Waals surface area contributed by atoms with Crippen LogP contribution in [0.3, 0.4) is 0 Å². The Labute approximate surface area is 121 Å². The molecule has 3 nitrogen and oxygen atoms in total. The Morgan fingerprint density at radius 3 is 2.75 bits per heavy atom. The molecule has 1 N–H and O–H groups in total. The third-order valence-electron chi connectivity index (χ3n) is 3.14. The van der Waals surface area contributed by atoms with Crippen molar-refractivity contribution in [3.05, 3.63) is 47.8 Å². The van der Waals surface area contributed by atoms with E-state index in [1.54, 1.807) is 0 Å². The molecule has 0 atom stereocenters. The van der Waals surface area contributed by atoms with Gasteiger partial charge in [-0.3, -0.25) is 4.98 Å². The zero-order valence-electron chi connectivity index (χ0n) is 12.4. The summed E-state index contributed by atoms with van der Waals surface area (Å²) in [5.74, 6) is 1.06. The van der Waals surface area contributed by atoms with Crippen LogP contribution < -0.4 is 10.1 Å². The van der Waals surface area contributed by atoms with E-state index in [0.717, 1.165) is 30.9 Å². The van der Waals surface area contributed by atoms with Gasteiger partial charge < -0.3 is 10.1 Å². The van der Waals surface area contributed by atoms with Gasteiger partial charge in [-0.25, -0.2) is 0 Å². The molecular formula is C17H22N2O. The van der Waals surface area contributed by atoms with Gasteiger partial charge in [-0.2, -0.15) is 0 Å². The zero-order chi connectivity index (χ0) is 14.4. The molecule has 2 heterocycles. The number of fused-ring (bicyclic) bond motifs is 1. The number of benzene rings is 1. The van der Waals surface area contributed by atoms with Gasteiger partial charge in [-0.1, -0.05) is 18.2 Å². The maximum absolute atomic E-state index is 5.83. The van der Waals surface area contributed by atoms with Crippen molar-refractivity contribution in [3.8, 4) is 16.9 Å². The maximum Gasteiger partial charge on any atom is 0.130 e. The second-order valence-electron chi connectivity index (χ2n) is 4.93. The van der Waals surface area contributed by atoms with Crippen LogP contribution in [-0.2, 0) is 6.42 Å². The molecule has 0 saturated heterocycles. The van der Waals surface area contributed by atoms with Gasteiger partial charge in [0.2, 0.25) is 0 Å². The fraction of sp³-hybridized carbons (Fsp3) is 0.353. The van der Waals surface area contributed by atoms with Gasteiger partial charge in [0.25, 0.3) is 0 Å². The number of nitrogens with zero attached hydrogens (tertiary/aromatic N) is 1. The van der Waals surface area contributed by atoms with Crippen molar-refractivity contribution in [2.45, 2.75) is 19.8 Å². The summed E-state index contributed by atoms with van der Waals surface area (Å²) in [5, 5.41) is 2.75. The first-order valence-electron chi connectivity index (χ1n) is 7.02. The lowest BCUT2D eigenvalue weighted by molar-refractivity contribution is 0.289. The number of aromatic nitrogens is 1. The van der Waals surface area contributed by atoms with Crippen LogP contribution in [0, 0.1) is 6.92 Å². The molecule has 1 aliphatic rings. The lowest BCUT2D eigenvalue weighted by Crippen LogP contribution is -2.09. The summed E-state index contributed by atoms with van der Waals surface area (Å²) in [6, 6.07) is 10.5. The van der Waals surface area contributed by atoms with Crippen LogP contribution in [-0.4, -0.2) is 25.7 Å². The quantitative estimate of drug-likeness (QED) is 0.864. The topological polar surface area (TPSA) is 34.1 Å². The molecule has 0 bridgehead atoms. The van der Waals surface area contributed by atoms with E-state index in [1.807, 2.05) is 33.3 Å². The molecule has 3 rings (SSSR count). The molecule has 1 aromatic heterocycles. The van der Waals surface area contributed by atoms with Crippen molar-refractivity contribution in [2.75, 3.05) is 20.7 Å². The van der Waals surface area contributed by atoms with Crippen molar-refractivity contribution in [1.29, 1.82) is 0 Å². The predicted octanol–water partition coefficient (Wildman–Crippen LogP) is 3.22. The maximum atomic E-state index is 5.83. The molecule has 2 aromatic rings. The average Bonchev–Trinajstić information content (AvgIpc) is 2.47. The molecule has 106 valence electrons. The molecule has 0 spiro atoms. The minimum atomic E-state index is 0.827. The summed E-state index contributed by atoms with van der Waals surface area (Å²) in [6.45, 7) is 2.84. The summed E-state index contributed by atoms with van der Waals surface area (Å²) in [4.78, 5) is 4.24. The van der Waals surface area contributed by atoms with Crippen LogP contribution in [0.5, 0.6) is 5.75 Å². The predicted molar refractivity (Wildman–Crippen MR) is 83.2 cm³/mol. The van der Waals surface area contributed by atoms with Crippen molar-refractivity contribution < 1.29 is 4.74 Å². The number of hydrogen-bond donors (Lipinski definition) is 1. The van der Waals surface area contributed by atoms with E-state index in [1.165, 1.54) is 16.7 Å². The summed E-state index contributed by atoms with van der Waals surface area (Å²) in [6.07, 6.45) is 4.09. The number of aryl methyl sites for hydroxylation is 2. The minimum absolute atomic E-state index is 0.827. The van der Waals surface area contributed by atoms with Gasteiger partial charge in [0.05, 0.1) is 6.61 Å². The Morgan fingerprint density at radius 2 is 2.00 bits per heavy atom. The monoisotopic (exact) mass is 270 g/mol. The Bertz CT molecular complexity index is 567. The van der Waals surface area contributed by atoms with Crippen molar-refractivity contribution in [1.82, 2.24) is 10.3 Å². The molecule has 1 aromatic carbocycles. The highest BCUT2D eigenvalue weighted by Gasteiger charge is 2.15. The summed E-state index contributed by atoms with van der Waals surface area (Å²) in [5.41, 5.74) is 4.74. The van der Waals surface area contributed by atoms with Crippen LogP contribution in [0.25, 0.3) is 11.1 Å². The number of para-hydroxylation sites is 1. The molecule has 0 amide bonds. The van der Waals surface area contributed by atoms with Crippen LogP contribution in [0.15, 0.2) is 36.5 Å². The van der Waals surface area contributed by atoms with E-state index < -0.39 is 0 Å². The first-order chi connectivity index (χ1) is 9.76. The fourth-order valence-electron chi connectivity index (χ4n) is 2.33. The second-order valence-corrected chi connectivity index (χ2v) is 4.93. The molecule has 0 unspecified atom stereocenters. The van der Waals surface area contributed by atoms with E-state index in [-0.39, 0.29) is 0 Å². The largest absolute Gasteiger partial charge is 0.493 e. The van der Waals surface area contributed by atoms with Crippen LogP contribution in [0.2, 0.25) is 0 Å². The van der Waals surface area contributed by atoms with Gasteiger partial charge >= 0.3 is 0 Å². The molecule has 0 saturated carbocycles. The molecule has 3 heteroatoms. The van der Waals surface area contributed by atoms with Gasteiger partial charge in [0.1, 0.15) is 5.75 Å². The number of rotatable bonds is 1. The number of pyridine rings is 1. The normalized spacial score (nSPS) is 12.8. The fourth-order valence-corrected chi connectivity index (χ4v) is 2.33. The smallest absolute Gasteiger partial charge is 0.130 e. The number of nitrogens with one attached hydrogen (secondary N) is 1. The highest BCUT2D eigenvalue weighted by molar-refractivity contribution is 5.72. The lowest BCUT2D eigenvalue weighted by atomic mass is 9.98. The lowest BCUT2D eigenvalue weighted by Gasteiger charge is -2.20. The highest BCUT2D eigenvalue weighted by atomic mass is 16.5. The van der Waals surface area contributed by atoms with E-state index >= 15 is 0 Å². The van der Waals surface area contributed by atoms with Gasteiger partial charge in [-0.15, -0.1) is 0 Å². The summed E-state index contributed by atoms with van der Waals surface area (Å²) < 4.78 is 5.83.